The average molecular weight is 279 g/mol. The van der Waals surface area contributed by atoms with Gasteiger partial charge in [-0.15, -0.1) is 0 Å². The molecule has 0 aliphatic heterocycles. The number of fused-ring (bicyclic) bond motifs is 1. The van der Waals surface area contributed by atoms with E-state index in [-0.39, 0.29) is 0 Å². The van der Waals surface area contributed by atoms with Crippen molar-refractivity contribution in [1.82, 2.24) is 9.72 Å². The first-order chi connectivity index (χ1) is 9.06. The lowest BCUT2D eigenvalue weighted by Gasteiger charge is -2.01. The number of benzene rings is 1. The molecule has 0 saturated carbocycles. The van der Waals surface area contributed by atoms with Crippen LogP contribution in [-0.2, 0) is 6.54 Å². The monoisotopic (exact) mass is 278 g/mol. The molecule has 0 N–H and O–H groups in total. The van der Waals surface area contributed by atoms with E-state index in [0.29, 0.717) is 28.4 Å². The van der Waals surface area contributed by atoms with Gasteiger partial charge in [0.05, 0.1) is 17.8 Å². The Bertz CT molecular complexity index is 794. The standard InChI is InChI=1S/C13H11ClN2O3/c1-7-10(8(2)19-15-7)6-16-11-4-3-9(14)5-12(11)18-13(16)17/h3-5H,6H2,1-2H3. The number of hydrogen-bond donors (Lipinski definition) is 0. The first-order valence-electron chi connectivity index (χ1n) is 5.77. The van der Waals surface area contributed by atoms with Crippen LogP contribution in [0.25, 0.3) is 11.1 Å². The summed E-state index contributed by atoms with van der Waals surface area (Å²) in [6.07, 6.45) is 0. The van der Waals surface area contributed by atoms with Gasteiger partial charge in [-0.25, -0.2) is 4.79 Å². The molecule has 19 heavy (non-hydrogen) atoms. The van der Waals surface area contributed by atoms with Gasteiger partial charge in [0.15, 0.2) is 5.58 Å². The molecule has 5 nitrogen and oxygen atoms in total. The van der Waals surface area contributed by atoms with Crippen LogP contribution < -0.4 is 5.76 Å². The molecule has 0 spiro atoms. The second-order valence-corrected chi connectivity index (χ2v) is 4.81. The minimum atomic E-state index is -0.419. The Labute approximate surface area is 113 Å². The second-order valence-electron chi connectivity index (χ2n) is 4.37. The number of oxazole rings is 1. The average Bonchev–Trinajstić information content (AvgIpc) is 2.83. The van der Waals surface area contributed by atoms with Gasteiger partial charge in [0.25, 0.3) is 0 Å². The molecule has 0 bridgehead atoms. The van der Waals surface area contributed by atoms with Crippen molar-refractivity contribution in [2.45, 2.75) is 20.4 Å². The van der Waals surface area contributed by atoms with Crippen LogP contribution in [-0.4, -0.2) is 9.72 Å². The number of nitrogens with zero attached hydrogens (tertiary/aromatic N) is 2. The van der Waals surface area contributed by atoms with Gasteiger partial charge >= 0.3 is 5.76 Å². The van der Waals surface area contributed by atoms with E-state index in [9.17, 15) is 4.79 Å². The summed E-state index contributed by atoms with van der Waals surface area (Å²) in [6, 6.07) is 5.12. The van der Waals surface area contributed by atoms with Gasteiger partial charge in [-0.05, 0) is 26.0 Å². The maximum atomic E-state index is 11.9. The van der Waals surface area contributed by atoms with E-state index in [2.05, 4.69) is 5.16 Å². The molecule has 0 saturated heterocycles. The van der Waals surface area contributed by atoms with Crippen LogP contribution in [0.3, 0.4) is 0 Å². The van der Waals surface area contributed by atoms with Crippen LogP contribution in [0, 0.1) is 13.8 Å². The molecule has 2 heterocycles. The van der Waals surface area contributed by atoms with Gasteiger partial charge in [-0.3, -0.25) is 4.57 Å². The molecule has 2 aromatic heterocycles. The first kappa shape index (κ1) is 12.0. The van der Waals surface area contributed by atoms with E-state index < -0.39 is 5.76 Å². The van der Waals surface area contributed by atoms with Crippen molar-refractivity contribution in [3.8, 4) is 0 Å². The summed E-state index contributed by atoms with van der Waals surface area (Å²) in [6.45, 7) is 4.03. The Morgan fingerprint density at radius 2 is 2.16 bits per heavy atom. The lowest BCUT2D eigenvalue weighted by Crippen LogP contribution is -2.15. The molecule has 0 unspecified atom stereocenters. The van der Waals surface area contributed by atoms with Crippen LogP contribution in [0.15, 0.2) is 31.9 Å². The van der Waals surface area contributed by atoms with E-state index in [0.717, 1.165) is 11.3 Å². The molecule has 98 valence electrons. The Balaban J connectivity index is 2.16. The molecule has 0 fully saturated rings. The summed E-state index contributed by atoms with van der Waals surface area (Å²) in [4.78, 5) is 11.9. The molecular formula is C13H11ClN2O3. The molecule has 3 aromatic rings. The maximum Gasteiger partial charge on any atom is 0.420 e. The van der Waals surface area contributed by atoms with Crippen LogP contribution >= 0.6 is 11.6 Å². The first-order valence-corrected chi connectivity index (χ1v) is 6.14. The van der Waals surface area contributed by atoms with E-state index >= 15 is 0 Å². The van der Waals surface area contributed by atoms with Crippen molar-refractivity contribution in [2.24, 2.45) is 0 Å². The Hall–Kier alpha value is -2.01. The fourth-order valence-corrected chi connectivity index (χ4v) is 2.24. The zero-order chi connectivity index (χ0) is 13.6. The van der Waals surface area contributed by atoms with Crippen molar-refractivity contribution in [2.75, 3.05) is 0 Å². The molecule has 0 aliphatic carbocycles. The molecule has 0 radical (unpaired) electrons. The van der Waals surface area contributed by atoms with E-state index in [1.54, 1.807) is 18.2 Å². The van der Waals surface area contributed by atoms with Gasteiger partial charge in [0.2, 0.25) is 0 Å². The third kappa shape index (κ3) is 1.96. The van der Waals surface area contributed by atoms with Crippen LogP contribution in [0.5, 0.6) is 0 Å². The van der Waals surface area contributed by atoms with E-state index in [4.69, 9.17) is 20.5 Å². The Morgan fingerprint density at radius 3 is 2.84 bits per heavy atom. The SMILES string of the molecule is Cc1noc(C)c1Cn1c(=O)oc2cc(Cl)ccc21. The zero-order valence-corrected chi connectivity index (χ0v) is 11.2. The number of rotatable bonds is 2. The Morgan fingerprint density at radius 1 is 1.37 bits per heavy atom. The molecule has 0 aliphatic rings. The maximum absolute atomic E-state index is 11.9. The van der Waals surface area contributed by atoms with Gasteiger partial charge in [-0.1, -0.05) is 16.8 Å². The van der Waals surface area contributed by atoms with E-state index in [1.807, 2.05) is 13.8 Å². The highest BCUT2D eigenvalue weighted by molar-refractivity contribution is 6.31. The van der Waals surface area contributed by atoms with Crippen molar-refractivity contribution >= 4 is 22.7 Å². The number of aryl methyl sites for hydroxylation is 2. The number of hydrogen-bond acceptors (Lipinski definition) is 4. The molecule has 3 rings (SSSR count). The summed E-state index contributed by atoms with van der Waals surface area (Å²) in [5.74, 6) is 0.282. The predicted molar refractivity (Wildman–Crippen MR) is 70.6 cm³/mol. The minimum Gasteiger partial charge on any atom is -0.408 e. The number of halogens is 1. The quantitative estimate of drug-likeness (QED) is 0.723. The molecule has 0 atom stereocenters. The molecular weight excluding hydrogens is 268 g/mol. The summed E-state index contributed by atoms with van der Waals surface area (Å²) >= 11 is 5.88. The summed E-state index contributed by atoms with van der Waals surface area (Å²) in [5, 5.41) is 4.41. The van der Waals surface area contributed by atoms with Gasteiger partial charge in [-0.2, -0.15) is 0 Å². The smallest absolute Gasteiger partial charge is 0.408 e. The molecule has 0 amide bonds. The fraction of sp³-hybridized carbons (Fsp3) is 0.231. The normalized spacial score (nSPS) is 11.3. The van der Waals surface area contributed by atoms with Crippen LogP contribution in [0.2, 0.25) is 5.02 Å². The lowest BCUT2D eigenvalue weighted by atomic mass is 10.2. The van der Waals surface area contributed by atoms with Crippen LogP contribution in [0.1, 0.15) is 17.0 Å². The summed E-state index contributed by atoms with van der Waals surface area (Å²) < 4.78 is 11.8. The summed E-state index contributed by atoms with van der Waals surface area (Å²) in [7, 11) is 0. The predicted octanol–water partition coefficient (Wildman–Crippen LogP) is 2.90. The topological polar surface area (TPSA) is 61.2 Å². The fourth-order valence-electron chi connectivity index (χ4n) is 2.08. The highest BCUT2D eigenvalue weighted by atomic mass is 35.5. The van der Waals surface area contributed by atoms with Crippen molar-refractivity contribution in [3.63, 3.8) is 0 Å². The largest absolute Gasteiger partial charge is 0.420 e. The lowest BCUT2D eigenvalue weighted by molar-refractivity contribution is 0.392. The third-order valence-corrected chi connectivity index (χ3v) is 3.36. The zero-order valence-electron chi connectivity index (χ0n) is 10.4. The molecule has 6 heteroatoms. The minimum absolute atomic E-state index is 0.370. The highest BCUT2D eigenvalue weighted by Gasteiger charge is 2.15. The van der Waals surface area contributed by atoms with Gasteiger partial charge in [0.1, 0.15) is 5.76 Å². The van der Waals surface area contributed by atoms with Gasteiger partial charge < -0.3 is 8.94 Å². The number of aromatic nitrogens is 2. The van der Waals surface area contributed by atoms with Crippen molar-refractivity contribution in [3.05, 3.63) is 50.8 Å². The second kappa shape index (κ2) is 4.28. The summed E-state index contributed by atoms with van der Waals surface area (Å²) in [5.41, 5.74) is 2.84. The highest BCUT2D eigenvalue weighted by Crippen LogP contribution is 2.20. The van der Waals surface area contributed by atoms with Crippen LogP contribution in [0.4, 0.5) is 0 Å². The molecule has 1 aromatic carbocycles. The van der Waals surface area contributed by atoms with Crippen molar-refractivity contribution < 1.29 is 8.94 Å². The third-order valence-electron chi connectivity index (χ3n) is 3.13. The van der Waals surface area contributed by atoms with Crippen molar-refractivity contribution in [1.29, 1.82) is 0 Å². The van der Waals surface area contributed by atoms with Gasteiger partial charge in [0, 0.05) is 16.7 Å². The van der Waals surface area contributed by atoms with E-state index in [1.165, 1.54) is 4.57 Å². The Kier molecular flexibility index (Phi) is 2.71.